The van der Waals surface area contributed by atoms with E-state index in [9.17, 15) is 5.11 Å². The molecule has 1 N–H and O–H groups in total. The van der Waals surface area contributed by atoms with Crippen molar-refractivity contribution in [2.75, 3.05) is 19.0 Å². The highest BCUT2D eigenvalue weighted by molar-refractivity contribution is 5.79. The van der Waals surface area contributed by atoms with Crippen molar-refractivity contribution in [1.82, 2.24) is 0 Å². The van der Waals surface area contributed by atoms with Crippen LogP contribution in [0.5, 0.6) is 5.75 Å². The summed E-state index contributed by atoms with van der Waals surface area (Å²) < 4.78 is 0. The fourth-order valence-electron chi connectivity index (χ4n) is 1.75. The highest BCUT2D eigenvalue weighted by Gasteiger charge is 2.07. The first kappa shape index (κ1) is 10.6. The molecule has 0 fully saturated rings. The van der Waals surface area contributed by atoms with Gasteiger partial charge in [0.2, 0.25) is 0 Å². The molecule has 0 aliphatic carbocycles. The maximum absolute atomic E-state index is 9.51. The van der Waals surface area contributed by atoms with Gasteiger partial charge in [0.25, 0.3) is 0 Å². The Morgan fingerprint density at radius 2 is 1.62 bits per heavy atom. The molecule has 2 aromatic carbocycles. The summed E-state index contributed by atoms with van der Waals surface area (Å²) in [6.07, 6.45) is 0. The summed E-state index contributed by atoms with van der Waals surface area (Å²) in [5.74, 6) is 0.295. The minimum atomic E-state index is 0.295. The molecule has 0 atom stereocenters. The molecule has 82 valence electrons. The molecule has 2 nitrogen and oxygen atoms in total. The van der Waals surface area contributed by atoms with E-state index in [0.717, 1.165) is 16.8 Å². The van der Waals surface area contributed by atoms with Crippen molar-refractivity contribution in [2.24, 2.45) is 0 Å². The summed E-state index contributed by atoms with van der Waals surface area (Å²) >= 11 is 0. The molecule has 0 heterocycles. The molecule has 16 heavy (non-hydrogen) atoms. The average Bonchev–Trinajstić information content (AvgIpc) is 2.30. The number of nitrogens with zero attached hydrogens (tertiary/aromatic N) is 1. The van der Waals surface area contributed by atoms with Crippen LogP contribution in [0.4, 0.5) is 5.69 Å². The zero-order valence-electron chi connectivity index (χ0n) is 9.51. The van der Waals surface area contributed by atoms with Crippen LogP contribution < -0.4 is 4.90 Å². The van der Waals surface area contributed by atoms with E-state index in [-0.39, 0.29) is 0 Å². The molecular formula is C14H15NO. The third kappa shape index (κ3) is 2.01. The molecular weight excluding hydrogens is 198 g/mol. The summed E-state index contributed by atoms with van der Waals surface area (Å²) in [7, 11) is 3.95. The van der Waals surface area contributed by atoms with Gasteiger partial charge in [-0.3, -0.25) is 0 Å². The lowest BCUT2D eigenvalue weighted by atomic mass is 10.0. The number of phenols is 1. The third-order valence-corrected chi connectivity index (χ3v) is 2.55. The van der Waals surface area contributed by atoms with Gasteiger partial charge in [0.05, 0.1) is 0 Å². The van der Waals surface area contributed by atoms with Crippen LogP contribution in [0, 0.1) is 0 Å². The first-order chi connectivity index (χ1) is 7.68. The number of phenolic OH excluding ortho intramolecular Hbond substituents is 1. The maximum atomic E-state index is 9.51. The molecule has 0 bridgehead atoms. The van der Waals surface area contributed by atoms with E-state index < -0.39 is 0 Å². The third-order valence-electron chi connectivity index (χ3n) is 2.55. The van der Waals surface area contributed by atoms with Gasteiger partial charge in [-0.25, -0.2) is 0 Å². The molecule has 0 aliphatic rings. The van der Waals surface area contributed by atoms with E-state index in [1.54, 1.807) is 12.1 Å². The summed E-state index contributed by atoms with van der Waals surface area (Å²) in [4.78, 5) is 2.00. The lowest BCUT2D eigenvalue weighted by Gasteiger charge is -2.17. The van der Waals surface area contributed by atoms with Gasteiger partial charge in [0.15, 0.2) is 0 Å². The van der Waals surface area contributed by atoms with Gasteiger partial charge in [-0.15, -0.1) is 0 Å². The van der Waals surface area contributed by atoms with Crippen LogP contribution in [-0.4, -0.2) is 19.2 Å². The molecule has 2 rings (SSSR count). The SMILES string of the molecule is CN(C)c1cc(O)ccc1-c1ccccc1. The van der Waals surface area contributed by atoms with Crippen molar-refractivity contribution >= 4 is 5.69 Å². The molecule has 0 aromatic heterocycles. The molecule has 2 aromatic rings. The first-order valence-corrected chi connectivity index (χ1v) is 5.24. The van der Waals surface area contributed by atoms with Gasteiger partial charge in [0.1, 0.15) is 5.75 Å². The Bertz CT molecular complexity index is 477. The van der Waals surface area contributed by atoms with Crippen LogP contribution >= 0.6 is 0 Å². The molecule has 0 unspecified atom stereocenters. The molecule has 0 aliphatic heterocycles. The summed E-state index contributed by atoms with van der Waals surface area (Å²) in [6, 6.07) is 15.6. The second-order valence-corrected chi connectivity index (χ2v) is 3.96. The van der Waals surface area contributed by atoms with Crippen molar-refractivity contribution < 1.29 is 5.11 Å². The standard InChI is InChI=1S/C14H15NO/c1-15(2)14-10-12(16)8-9-13(14)11-6-4-3-5-7-11/h3-10,16H,1-2H3. The lowest BCUT2D eigenvalue weighted by molar-refractivity contribution is 0.475. The van der Waals surface area contributed by atoms with E-state index in [2.05, 4.69) is 12.1 Å². The second kappa shape index (κ2) is 4.27. The van der Waals surface area contributed by atoms with Gasteiger partial charge in [-0.1, -0.05) is 30.3 Å². The maximum Gasteiger partial charge on any atom is 0.117 e. The second-order valence-electron chi connectivity index (χ2n) is 3.96. The molecule has 0 radical (unpaired) electrons. The Labute approximate surface area is 95.8 Å². The van der Waals surface area contributed by atoms with Crippen LogP contribution in [0.2, 0.25) is 0 Å². The Hall–Kier alpha value is -1.96. The molecule has 0 saturated carbocycles. The van der Waals surface area contributed by atoms with Crippen LogP contribution in [0.25, 0.3) is 11.1 Å². The van der Waals surface area contributed by atoms with Gasteiger partial charge >= 0.3 is 0 Å². The number of rotatable bonds is 2. The summed E-state index contributed by atoms with van der Waals surface area (Å²) in [5, 5.41) is 9.51. The topological polar surface area (TPSA) is 23.5 Å². The predicted octanol–water partition coefficient (Wildman–Crippen LogP) is 3.13. The van der Waals surface area contributed by atoms with E-state index in [4.69, 9.17) is 0 Å². The van der Waals surface area contributed by atoms with E-state index >= 15 is 0 Å². The van der Waals surface area contributed by atoms with Crippen LogP contribution in [-0.2, 0) is 0 Å². The molecule has 2 heteroatoms. The molecule has 0 saturated heterocycles. The van der Waals surface area contributed by atoms with Crippen LogP contribution in [0.15, 0.2) is 48.5 Å². The van der Waals surface area contributed by atoms with E-state index in [0.29, 0.717) is 5.75 Å². The number of hydrogen-bond acceptors (Lipinski definition) is 2. The zero-order chi connectivity index (χ0) is 11.5. The molecule has 0 spiro atoms. The highest BCUT2D eigenvalue weighted by Crippen LogP contribution is 2.32. The van der Waals surface area contributed by atoms with Gasteiger partial charge in [-0.2, -0.15) is 0 Å². The number of benzene rings is 2. The monoisotopic (exact) mass is 213 g/mol. The van der Waals surface area contributed by atoms with Crippen molar-refractivity contribution in [2.45, 2.75) is 0 Å². The Kier molecular flexibility index (Phi) is 2.82. The van der Waals surface area contributed by atoms with Crippen molar-refractivity contribution in [3.05, 3.63) is 48.5 Å². The predicted molar refractivity (Wildman–Crippen MR) is 67.9 cm³/mol. The van der Waals surface area contributed by atoms with Crippen LogP contribution in [0.3, 0.4) is 0 Å². The summed E-state index contributed by atoms with van der Waals surface area (Å²) in [6.45, 7) is 0. The Morgan fingerprint density at radius 1 is 0.938 bits per heavy atom. The Balaban J connectivity index is 2.57. The lowest BCUT2D eigenvalue weighted by Crippen LogP contribution is -2.09. The zero-order valence-corrected chi connectivity index (χ0v) is 9.51. The normalized spacial score (nSPS) is 10.1. The fraction of sp³-hybridized carbons (Fsp3) is 0.143. The van der Waals surface area contributed by atoms with Crippen molar-refractivity contribution in [3.63, 3.8) is 0 Å². The highest BCUT2D eigenvalue weighted by atomic mass is 16.3. The fourth-order valence-corrected chi connectivity index (χ4v) is 1.75. The van der Waals surface area contributed by atoms with Gasteiger partial charge < -0.3 is 10.0 Å². The van der Waals surface area contributed by atoms with Crippen LogP contribution in [0.1, 0.15) is 0 Å². The molecule has 0 amide bonds. The summed E-state index contributed by atoms with van der Waals surface area (Å²) in [5.41, 5.74) is 3.31. The first-order valence-electron chi connectivity index (χ1n) is 5.24. The van der Waals surface area contributed by atoms with Gasteiger partial charge in [0, 0.05) is 31.4 Å². The minimum absolute atomic E-state index is 0.295. The van der Waals surface area contributed by atoms with Crippen molar-refractivity contribution in [3.8, 4) is 16.9 Å². The quantitative estimate of drug-likeness (QED) is 0.828. The number of aromatic hydroxyl groups is 1. The van der Waals surface area contributed by atoms with E-state index in [1.807, 2.05) is 43.3 Å². The largest absolute Gasteiger partial charge is 0.508 e. The number of hydrogen-bond donors (Lipinski definition) is 1. The van der Waals surface area contributed by atoms with Gasteiger partial charge in [-0.05, 0) is 17.7 Å². The number of anilines is 1. The minimum Gasteiger partial charge on any atom is -0.508 e. The van der Waals surface area contributed by atoms with E-state index in [1.165, 1.54) is 0 Å². The average molecular weight is 213 g/mol. The smallest absolute Gasteiger partial charge is 0.117 e. The van der Waals surface area contributed by atoms with Crippen molar-refractivity contribution in [1.29, 1.82) is 0 Å². The Morgan fingerprint density at radius 3 is 2.25 bits per heavy atom.